The summed E-state index contributed by atoms with van der Waals surface area (Å²) in [6.07, 6.45) is -0.354. The van der Waals surface area contributed by atoms with E-state index in [4.69, 9.17) is 10.2 Å². The smallest absolute Gasteiger partial charge is 0.308 e. The zero-order valence-corrected chi connectivity index (χ0v) is 11.2. The second-order valence-electron chi connectivity index (χ2n) is 4.76. The van der Waals surface area contributed by atoms with E-state index in [1.807, 2.05) is 36.1 Å². The molecule has 0 saturated heterocycles. The lowest BCUT2D eigenvalue weighted by Gasteiger charge is -2.21. The Bertz CT molecular complexity index is 459. The van der Waals surface area contributed by atoms with Gasteiger partial charge in [-0.2, -0.15) is 0 Å². The van der Waals surface area contributed by atoms with Gasteiger partial charge in [0.1, 0.15) is 0 Å². The minimum absolute atomic E-state index is 0.218. The lowest BCUT2D eigenvalue weighted by Crippen LogP contribution is -2.31. The summed E-state index contributed by atoms with van der Waals surface area (Å²) < 4.78 is 0. The first-order valence-corrected chi connectivity index (χ1v) is 6.07. The molecule has 1 rings (SSSR count). The largest absolute Gasteiger partial charge is 0.481 e. The van der Waals surface area contributed by atoms with E-state index in [1.165, 1.54) is 0 Å². The third kappa shape index (κ3) is 5.09. The van der Waals surface area contributed by atoms with Crippen molar-refractivity contribution in [1.29, 1.82) is 0 Å². The fourth-order valence-corrected chi connectivity index (χ4v) is 1.96. The van der Waals surface area contributed by atoms with E-state index in [-0.39, 0.29) is 13.0 Å². The molecule has 0 saturated carbocycles. The van der Waals surface area contributed by atoms with Crippen molar-refractivity contribution in [2.45, 2.75) is 19.9 Å². The zero-order chi connectivity index (χ0) is 14.4. The highest BCUT2D eigenvalue weighted by Gasteiger charge is 2.22. The molecule has 0 fully saturated rings. The van der Waals surface area contributed by atoms with Gasteiger partial charge in [-0.05, 0) is 25.1 Å². The standard InChI is InChI=1S/C14H19NO4/c1-10-5-3-4-6-11(10)8-15(2)9-12(14(18)19)7-13(16)17/h3-6,12H,7-9H2,1-2H3,(H,16,17)(H,18,19). The maximum Gasteiger partial charge on any atom is 0.308 e. The van der Waals surface area contributed by atoms with Crippen LogP contribution in [0.1, 0.15) is 17.5 Å². The van der Waals surface area contributed by atoms with E-state index in [0.717, 1.165) is 11.1 Å². The summed E-state index contributed by atoms with van der Waals surface area (Å²) >= 11 is 0. The molecule has 1 aromatic carbocycles. The Labute approximate surface area is 112 Å². The zero-order valence-electron chi connectivity index (χ0n) is 11.2. The van der Waals surface area contributed by atoms with Crippen LogP contribution >= 0.6 is 0 Å². The van der Waals surface area contributed by atoms with E-state index in [9.17, 15) is 9.59 Å². The third-order valence-electron chi connectivity index (χ3n) is 3.00. The van der Waals surface area contributed by atoms with Crippen LogP contribution in [-0.4, -0.2) is 40.6 Å². The summed E-state index contributed by atoms with van der Waals surface area (Å²) in [4.78, 5) is 23.5. The minimum Gasteiger partial charge on any atom is -0.481 e. The number of carboxylic acids is 2. The van der Waals surface area contributed by atoms with E-state index in [0.29, 0.717) is 6.54 Å². The highest BCUT2D eigenvalue weighted by molar-refractivity contribution is 5.77. The average molecular weight is 265 g/mol. The van der Waals surface area contributed by atoms with Crippen LogP contribution in [-0.2, 0) is 16.1 Å². The molecule has 0 aliphatic rings. The maximum atomic E-state index is 11.0. The number of carboxylic acid groups (broad SMARTS) is 2. The second kappa shape index (κ2) is 6.89. The summed E-state index contributed by atoms with van der Waals surface area (Å²) in [5, 5.41) is 17.7. The normalized spacial score (nSPS) is 12.4. The van der Waals surface area contributed by atoms with Crippen LogP contribution < -0.4 is 0 Å². The van der Waals surface area contributed by atoms with Gasteiger partial charge in [0.15, 0.2) is 0 Å². The quantitative estimate of drug-likeness (QED) is 0.783. The van der Waals surface area contributed by atoms with E-state index in [1.54, 1.807) is 7.05 Å². The minimum atomic E-state index is -1.09. The van der Waals surface area contributed by atoms with Crippen LogP contribution in [0.15, 0.2) is 24.3 Å². The number of aliphatic carboxylic acids is 2. The Kier molecular flexibility index (Phi) is 5.51. The van der Waals surface area contributed by atoms with Crippen LogP contribution in [0.25, 0.3) is 0 Å². The van der Waals surface area contributed by atoms with Crippen LogP contribution in [0.4, 0.5) is 0 Å². The molecule has 0 radical (unpaired) electrons. The maximum absolute atomic E-state index is 11.0. The molecule has 0 amide bonds. The van der Waals surface area contributed by atoms with Crippen molar-refractivity contribution in [2.75, 3.05) is 13.6 Å². The van der Waals surface area contributed by atoms with Crippen molar-refractivity contribution >= 4 is 11.9 Å². The number of hydrogen-bond acceptors (Lipinski definition) is 3. The monoisotopic (exact) mass is 265 g/mol. The van der Waals surface area contributed by atoms with Crippen molar-refractivity contribution < 1.29 is 19.8 Å². The summed E-state index contributed by atoms with van der Waals surface area (Å²) in [7, 11) is 1.80. The molecule has 1 atom stereocenters. The Morgan fingerprint density at radius 2 is 1.89 bits per heavy atom. The Morgan fingerprint density at radius 1 is 1.26 bits per heavy atom. The van der Waals surface area contributed by atoms with Crippen LogP contribution in [0.5, 0.6) is 0 Å². The van der Waals surface area contributed by atoms with Gasteiger partial charge >= 0.3 is 11.9 Å². The molecule has 0 aliphatic heterocycles. The van der Waals surface area contributed by atoms with Gasteiger partial charge in [0.05, 0.1) is 12.3 Å². The molecule has 0 aliphatic carbocycles. The predicted molar refractivity (Wildman–Crippen MR) is 70.9 cm³/mol. The number of benzene rings is 1. The summed E-state index contributed by atoms with van der Waals surface area (Å²) in [5.74, 6) is -3.04. The average Bonchev–Trinajstić information content (AvgIpc) is 2.30. The highest BCUT2D eigenvalue weighted by atomic mass is 16.4. The van der Waals surface area contributed by atoms with Gasteiger partial charge in [0, 0.05) is 13.1 Å². The van der Waals surface area contributed by atoms with Crippen molar-refractivity contribution in [1.82, 2.24) is 4.90 Å². The van der Waals surface area contributed by atoms with Gasteiger partial charge < -0.3 is 15.1 Å². The van der Waals surface area contributed by atoms with Crippen molar-refractivity contribution in [3.05, 3.63) is 35.4 Å². The lowest BCUT2D eigenvalue weighted by atomic mass is 10.0. The summed E-state index contributed by atoms with van der Waals surface area (Å²) in [5.41, 5.74) is 2.25. The molecule has 19 heavy (non-hydrogen) atoms. The fourth-order valence-electron chi connectivity index (χ4n) is 1.96. The van der Waals surface area contributed by atoms with E-state index >= 15 is 0 Å². The van der Waals surface area contributed by atoms with Crippen LogP contribution in [0, 0.1) is 12.8 Å². The molecule has 0 heterocycles. The predicted octanol–water partition coefficient (Wildman–Crippen LogP) is 1.60. The number of rotatable bonds is 7. The molecule has 5 nitrogen and oxygen atoms in total. The van der Waals surface area contributed by atoms with Gasteiger partial charge in [-0.3, -0.25) is 9.59 Å². The van der Waals surface area contributed by atoms with Gasteiger partial charge in [-0.1, -0.05) is 24.3 Å². The summed E-state index contributed by atoms with van der Waals surface area (Å²) in [6, 6.07) is 7.86. The first-order chi connectivity index (χ1) is 8.90. The van der Waals surface area contributed by atoms with Crippen LogP contribution in [0.2, 0.25) is 0 Å². The highest BCUT2D eigenvalue weighted by Crippen LogP contribution is 2.12. The number of hydrogen-bond donors (Lipinski definition) is 2. The fraction of sp³-hybridized carbons (Fsp3) is 0.429. The van der Waals surface area contributed by atoms with Gasteiger partial charge in [-0.25, -0.2) is 0 Å². The molecule has 1 unspecified atom stereocenters. The second-order valence-corrected chi connectivity index (χ2v) is 4.76. The van der Waals surface area contributed by atoms with Gasteiger partial charge in [0.25, 0.3) is 0 Å². The van der Waals surface area contributed by atoms with Crippen molar-refractivity contribution in [3.8, 4) is 0 Å². The molecule has 104 valence electrons. The van der Waals surface area contributed by atoms with E-state index in [2.05, 4.69) is 0 Å². The van der Waals surface area contributed by atoms with E-state index < -0.39 is 17.9 Å². The van der Waals surface area contributed by atoms with Crippen molar-refractivity contribution in [2.24, 2.45) is 5.92 Å². The SMILES string of the molecule is Cc1ccccc1CN(C)CC(CC(=O)O)C(=O)O. The molecule has 0 bridgehead atoms. The molecular formula is C14H19NO4. The number of nitrogens with zero attached hydrogens (tertiary/aromatic N) is 1. The van der Waals surface area contributed by atoms with Crippen molar-refractivity contribution in [3.63, 3.8) is 0 Å². The Balaban J connectivity index is 2.62. The Hall–Kier alpha value is -1.88. The van der Waals surface area contributed by atoms with Gasteiger partial charge in [0.2, 0.25) is 0 Å². The summed E-state index contributed by atoms with van der Waals surface area (Å²) in [6.45, 7) is 2.82. The first-order valence-electron chi connectivity index (χ1n) is 6.07. The molecule has 0 aromatic heterocycles. The molecule has 0 spiro atoms. The topological polar surface area (TPSA) is 77.8 Å². The number of aryl methyl sites for hydroxylation is 1. The Morgan fingerprint density at radius 3 is 2.42 bits per heavy atom. The molecule has 2 N–H and O–H groups in total. The number of carbonyl (C=O) groups is 2. The van der Waals surface area contributed by atoms with Gasteiger partial charge in [-0.15, -0.1) is 0 Å². The third-order valence-corrected chi connectivity index (χ3v) is 3.00. The molecule has 5 heteroatoms. The first kappa shape index (κ1) is 15.2. The lowest BCUT2D eigenvalue weighted by molar-refractivity contribution is -0.148. The van der Waals surface area contributed by atoms with Crippen LogP contribution in [0.3, 0.4) is 0 Å². The molecule has 1 aromatic rings. The molecular weight excluding hydrogens is 246 g/mol.